The minimum absolute atomic E-state index is 0.00387. The van der Waals surface area contributed by atoms with Gasteiger partial charge in [-0.25, -0.2) is 0 Å². The fourth-order valence-electron chi connectivity index (χ4n) is 1.30. The maximum absolute atomic E-state index is 5.38. The van der Waals surface area contributed by atoms with Gasteiger partial charge in [0.15, 0.2) is 0 Å². The van der Waals surface area contributed by atoms with Gasteiger partial charge in [0.2, 0.25) is 0 Å². The third kappa shape index (κ3) is 2.31. The minimum Gasteiger partial charge on any atom is -0.323 e. The molecule has 0 spiro atoms. The summed E-state index contributed by atoms with van der Waals surface area (Å²) in [6.07, 6.45) is 0. The van der Waals surface area contributed by atoms with Crippen molar-refractivity contribution in [1.82, 2.24) is 0 Å². The van der Waals surface area contributed by atoms with E-state index in [0.29, 0.717) is 0 Å². The Morgan fingerprint density at radius 3 is 2.08 bits per heavy atom. The first-order valence-electron chi connectivity index (χ1n) is 4.39. The molecule has 0 aliphatic rings. The van der Waals surface area contributed by atoms with Crippen LogP contribution in [0.2, 0.25) is 0 Å². The SMILES string of the molecule is CC(C)(C)/C(=N/N)c1ccccc1. The quantitative estimate of drug-likeness (QED) is 0.398. The van der Waals surface area contributed by atoms with E-state index >= 15 is 0 Å². The Morgan fingerprint density at radius 1 is 1.15 bits per heavy atom. The maximum atomic E-state index is 5.38. The monoisotopic (exact) mass is 176 g/mol. The summed E-state index contributed by atoms with van der Waals surface area (Å²) in [4.78, 5) is 0. The van der Waals surface area contributed by atoms with Gasteiger partial charge < -0.3 is 5.84 Å². The molecule has 0 amide bonds. The molecule has 0 aliphatic heterocycles. The van der Waals surface area contributed by atoms with Crippen LogP contribution in [0.3, 0.4) is 0 Å². The first-order valence-corrected chi connectivity index (χ1v) is 4.39. The van der Waals surface area contributed by atoms with Gasteiger partial charge in [0, 0.05) is 5.41 Å². The predicted molar refractivity (Wildman–Crippen MR) is 56.6 cm³/mol. The van der Waals surface area contributed by atoms with E-state index in [9.17, 15) is 0 Å². The number of nitrogens with zero attached hydrogens (tertiary/aromatic N) is 1. The molecule has 0 aliphatic carbocycles. The van der Waals surface area contributed by atoms with Crippen LogP contribution in [-0.2, 0) is 0 Å². The Morgan fingerprint density at radius 2 is 1.69 bits per heavy atom. The summed E-state index contributed by atoms with van der Waals surface area (Å²) in [5, 5.41) is 3.85. The van der Waals surface area contributed by atoms with Gasteiger partial charge in [-0.1, -0.05) is 51.1 Å². The third-order valence-electron chi connectivity index (χ3n) is 1.89. The smallest absolute Gasteiger partial charge is 0.0726 e. The van der Waals surface area contributed by atoms with Crippen LogP contribution in [-0.4, -0.2) is 5.71 Å². The normalized spacial score (nSPS) is 13.0. The Labute approximate surface area is 79.5 Å². The van der Waals surface area contributed by atoms with Crippen molar-refractivity contribution >= 4 is 5.71 Å². The highest BCUT2D eigenvalue weighted by molar-refractivity contribution is 6.03. The van der Waals surface area contributed by atoms with Gasteiger partial charge in [0.25, 0.3) is 0 Å². The van der Waals surface area contributed by atoms with Crippen LogP contribution >= 0.6 is 0 Å². The van der Waals surface area contributed by atoms with Crippen molar-refractivity contribution < 1.29 is 0 Å². The van der Waals surface area contributed by atoms with Crippen LogP contribution in [0, 0.1) is 5.41 Å². The van der Waals surface area contributed by atoms with E-state index in [0.717, 1.165) is 11.3 Å². The summed E-state index contributed by atoms with van der Waals surface area (Å²) < 4.78 is 0. The fraction of sp³-hybridized carbons (Fsp3) is 0.364. The van der Waals surface area contributed by atoms with E-state index in [2.05, 4.69) is 25.9 Å². The second-order valence-corrected chi connectivity index (χ2v) is 4.09. The van der Waals surface area contributed by atoms with Crippen LogP contribution in [0.1, 0.15) is 26.3 Å². The molecule has 1 aromatic rings. The summed E-state index contributed by atoms with van der Waals surface area (Å²) in [6, 6.07) is 10.0. The van der Waals surface area contributed by atoms with Gasteiger partial charge in [0.1, 0.15) is 0 Å². The first kappa shape index (κ1) is 9.78. The summed E-state index contributed by atoms with van der Waals surface area (Å²) >= 11 is 0. The molecule has 0 saturated heterocycles. The topological polar surface area (TPSA) is 38.4 Å². The third-order valence-corrected chi connectivity index (χ3v) is 1.89. The zero-order chi connectivity index (χ0) is 9.90. The van der Waals surface area contributed by atoms with Gasteiger partial charge in [-0.3, -0.25) is 0 Å². The molecule has 2 nitrogen and oxygen atoms in total. The van der Waals surface area contributed by atoms with Crippen molar-refractivity contribution in [2.75, 3.05) is 0 Å². The molecule has 0 heterocycles. The molecule has 0 saturated carbocycles. The Bertz CT molecular complexity index is 294. The molecule has 0 fully saturated rings. The molecular formula is C11H16N2. The summed E-state index contributed by atoms with van der Waals surface area (Å²) in [5.74, 6) is 5.38. The van der Waals surface area contributed by atoms with E-state index in [4.69, 9.17) is 5.84 Å². The molecule has 0 radical (unpaired) electrons. The van der Waals surface area contributed by atoms with E-state index in [-0.39, 0.29) is 5.41 Å². The van der Waals surface area contributed by atoms with E-state index in [1.54, 1.807) is 0 Å². The van der Waals surface area contributed by atoms with E-state index in [1.807, 2.05) is 30.3 Å². The standard InChI is InChI=1S/C11H16N2/c1-11(2,3)10(13-12)9-7-5-4-6-8-9/h4-8H,12H2,1-3H3/b13-10+. The highest BCUT2D eigenvalue weighted by atomic mass is 15.1. The number of hydrogen-bond acceptors (Lipinski definition) is 2. The van der Waals surface area contributed by atoms with Gasteiger partial charge >= 0.3 is 0 Å². The molecule has 0 unspecified atom stereocenters. The van der Waals surface area contributed by atoms with Crippen LogP contribution in [0.15, 0.2) is 35.4 Å². The lowest BCUT2D eigenvalue weighted by Gasteiger charge is -2.20. The van der Waals surface area contributed by atoms with Crippen molar-refractivity contribution in [2.45, 2.75) is 20.8 Å². The van der Waals surface area contributed by atoms with Crippen molar-refractivity contribution in [3.05, 3.63) is 35.9 Å². The first-order chi connectivity index (χ1) is 6.05. The molecule has 1 rings (SSSR count). The maximum Gasteiger partial charge on any atom is 0.0726 e. The molecule has 2 heteroatoms. The molecule has 70 valence electrons. The van der Waals surface area contributed by atoms with Gasteiger partial charge in [-0.2, -0.15) is 5.10 Å². The minimum atomic E-state index is -0.00387. The lowest BCUT2D eigenvalue weighted by atomic mass is 9.86. The predicted octanol–water partition coefficient (Wildman–Crippen LogP) is 2.40. The molecule has 2 N–H and O–H groups in total. The van der Waals surface area contributed by atoms with Gasteiger partial charge in [-0.05, 0) is 5.56 Å². The van der Waals surface area contributed by atoms with Gasteiger partial charge in [0.05, 0.1) is 5.71 Å². The van der Waals surface area contributed by atoms with Gasteiger partial charge in [-0.15, -0.1) is 0 Å². The summed E-state index contributed by atoms with van der Waals surface area (Å²) in [6.45, 7) is 6.31. The zero-order valence-corrected chi connectivity index (χ0v) is 8.41. The van der Waals surface area contributed by atoms with Crippen LogP contribution in [0.4, 0.5) is 0 Å². The molecule has 1 aromatic carbocycles. The van der Waals surface area contributed by atoms with Crippen molar-refractivity contribution in [2.24, 2.45) is 16.4 Å². The summed E-state index contributed by atoms with van der Waals surface area (Å²) in [7, 11) is 0. The van der Waals surface area contributed by atoms with Crippen LogP contribution in [0.5, 0.6) is 0 Å². The number of benzene rings is 1. The fourth-order valence-corrected chi connectivity index (χ4v) is 1.30. The largest absolute Gasteiger partial charge is 0.323 e. The summed E-state index contributed by atoms with van der Waals surface area (Å²) in [5.41, 5.74) is 2.03. The number of hydrazone groups is 1. The zero-order valence-electron chi connectivity index (χ0n) is 8.41. The molecule has 0 atom stereocenters. The lowest BCUT2D eigenvalue weighted by Crippen LogP contribution is -2.22. The molecule has 0 bridgehead atoms. The Kier molecular flexibility index (Phi) is 2.71. The van der Waals surface area contributed by atoms with Crippen LogP contribution in [0.25, 0.3) is 0 Å². The second-order valence-electron chi connectivity index (χ2n) is 4.09. The molecular weight excluding hydrogens is 160 g/mol. The van der Waals surface area contributed by atoms with Crippen molar-refractivity contribution in [3.63, 3.8) is 0 Å². The average Bonchev–Trinajstić information content (AvgIpc) is 2.05. The second kappa shape index (κ2) is 3.60. The Balaban J connectivity index is 3.08. The van der Waals surface area contributed by atoms with E-state index in [1.165, 1.54) is 0 Å². The highest BCUT2D eigenvalue weighted by Gasteiger charge is 2.19. The van der Waals surface area contributed by atoms with E-state index < -0.39 is 0 Å². The number of nitrogens with two attached hydrogens (primary N) is 1. The number of hydrogen-bond donors (Lipinski definition) is 1. The van der Waals surface area contributed by atoms with Crippen molar-refractivity contribution in [1.29, 1.82) is 0 Å². The highest BCUT2D eigenvalue weighted by Crippen LogP contribution is 2.20. The lowest BCUT2D eigenvalue weighted by molar-refractivity contribution is 0.589. The van der Waals surface area contributed by atoms with Crippen molar-refractivity contribution in [3.8, 4) is 0 Å². The average molecular weight is 176 g/mol. The van der Waals surface area contributed by atoms with Crippen LogP contribution < -0.4 is 5.84 Å². The molecule has 13 heavy (non-hydrogen) atoms. The number of rotatable bonds is 1. The Hall–Kier alpha value is -1.31. The molecule has 0 aromatic heterocycles.